The summed E-state index contributed by atoms with van der Waals surface area (Å²) in [7, 11) is 1.98. The maximum atomic E-state index is 4.85. The molecule has 0 aliphatic heterocycles. The van der Waals surface area contributed by atoms with Crippen molar-refractivity contribution in [2.24, 2.45) is 0 Å². The molecule has 0 fully saturated rings. The van der Waals surface area contributed by atoms with Crippen molar-refractivity contribution < 1.29 is 0 Å². The van der Waals surface area contributed by atoms with E-state index in [4.69, 9.17) is 4.98 Å². The van der Waals surface area contributed by atoms with Crippen LogP contribution in [-0.4, -0.2) is 17.0 Å². The number of pyridine rings is 1. The maximum absolute atomic E-state index is 4.85. The molecule has 0 aliphatic rings. The van der Waals surface area contributed by atoms with Crippen LogP contribution < -0.4 is 5.32 Å². The van der Waals surface area contributed by atoms with Crippen LogP contribution in [0.15, 0.2) is 24.5 Å². The molecule has 19 heavy (non-hydrogen) atoms. The Bertz CT molecular complexity index is 526. The Labute approximate surface area is 119 Å². The van der Waals surface area contributed by atoms with Gasteiger partial charge in [0.15, 0.2) is 0 Å². The molecular formula is C15H21N3S. The van der Waals surface area contributed by atoms with E-state index in [9.17, 15) is 0 Å². The van der Waals surface area contributed by atoms with Gasteiger partial charge in [0.05, 0.1) is 10.7 Å². The predicted octanol–water partition coefficient (Wildman–Crippen LogP) is 3.15. The fraction of sp³-hybridized carbons (Fsp3) is 0.467. The van der Waals surface area contributed by atoms with E-state index in [1.807, 2.05) is 30.8 Å². The second kappa shape index (κ2) is 5.80. The van der Waals surface area contributed by atoms with Crippen molar-refractivity contribution in [1.29, 1.82) is 0 Å². The normalized spacial score (nSPS) is 11.8. The van der Waals surface area contributed by atoms with Gasteiger partial charge in [0.25, 0.3) is 0 Å². The van der Waals surface area contributed by atoms with Gasteiger partial charge in [-0.1, -0.05) is 20.8 Å². The van der Waals surface area contributed by atoms with Crippen LogP contribution in [0.25, 0.3) is 0 Å². The highest BCUT2D eigenvalue weighted by atomic mass is 32.1. The lowest BCUT2D eigenvalue weighted by atomic mass is 9.91. The number of nitrogens with one attached hydrogen (secondary N) is 1. The highest BCUT2D eigenvalue weighted by Crippen LogP contribution is 2.30. The number of aromatic nitrogens is 2. The van der Waals surface area contributed by atoms with E-state index in [-0.39, 0.29) is 5.41 Å². The molecule has 0 amide bonds. The second-order valence-electron chi connectivity index (χ2n) is 5.69. The monoisotopic (exact) mass is 275 g/mol. The van der Waals surface area contributed by atoms with Gasteiger partial charge >= 0.3 is 0 Å². The lowest BCUT2D eigenvalue weighted by molar-refractivity contribution is 0.561. The summed E-state index contributed by atoms with van der Waals surface area (Å²) in [6, 6.07) is 4.10. The molecule has 0 aliphatic carbocycles. The minimum atomic E-state index is 0.0964. The van der Waals surface area contributed by atoms with Gasteiger partial charge in [-0.25, -0.2) is 4.98 Å². The van der Waals surface area contributed by atoms with E-state index < -0.39 is 0 Å². The summed E-state index contributed by atoms with van der Waals surface area (Å²) < 4.78 is 0. The number of rotatable bonds is 4. The summed E-state index contributed by atoms with van der Waals surface area (Å²) >= 11 is 1.81. The summed E-state index contributed by atoms with van der Waals surface area (Å²) in [5.41, 5.74) is 2.58. The van der Waals surface area contributed by atoms with Crippen LogP contribution in [0.4, 0.5) is 0 Å². The summed E-state index contributed by atoms with van der Waals surface area (Å²) in [6.45, 7) is 7.55. The molecule has 2 heterocycles. The Morgan fingerprint density at radius 3 is 2.47 bits per heavy atom. The van der Waals surface area contributed by atoms with Gasteiger partial charge in [-0.3, -0.25) is 4.98 Å². The zero-order valence-electron chi connectivity index (χ0n) is 12.0. The average Bonchev–Trinajstić information content (AvgIpc) is 2.74. The summed E-state index contributed by atoms with van der Waals surface area (Å²) in [5.74, 6) is 0. The molecule has 3 nitrogen and oxygen atoms in total. The highest BCUT2D eigenvalue weighted by molar-refractivity contribution is 7.11. The number of nitrogens with zero attached hydrogens (tertiary/aromatic N) is 2. The molecule has 0 saturated heterocycles. The van der Waals surface area contributed by atoms with Gasteiger partial charge in [0, 0.05) is 35.7 Å². The lowest BCUT2D eigenvalue weighted by Crippen LogP contribution is -2.16. The van der Waals surface area contributed by atoms with Crippen molar-refractivity contribution in [2.45, 2.75) is 39.2 Å². The largest absolute Gasteiger partial charge is 0.315 e. The zero-order chi connectivity index (χ0) is 13.9. The fourth-order valence-corrected chi connectivity index (χ4v) is 3.34. The highest BCUT2D eigenvalue weighted by Gasteiger charge is 2.22. The van der Waals surface area contributed by atoms with Gasteiger partial charge < -0.3 is 5.32 Å². The van der Waals surface area contributed by atoms with Crippen LogP contribution in [0, 0.1) is 0 Å². The van der Waals surface area contributed by atoms with Crippen LogP contribution >= 0.6 is 11.3 Å². The molecule has 2 rings (SSSR count). The molecule has 0 bridgehead atoms. The first-order valence-electron chi connectivity index (χ1n) is 6.53. The molecule has 1 N–H and O–H groups in total. The van der Waals surface area contributed by atoms with E-state index in [0.29, 0.717) is 0 Å². The minimum Gasteiger partial charge on any atom is -0.315 e. The standard InChI is InChI=1S/C15H21N3S/c1-15(2,3)14-12(10-16-4)19-13(18-14)9-11-5-7-17-8-6-11/h5-8,16H,9-10H2,1-4H3. The molecule has 102 valence electrons. The Morgan fingerprint density at radius 2 is 1.89 bits per heavy atom. The Hall–Kier alpha value is -1.26. The van der Waals surface area contributed by atoms with Crippen molar-refractivity contribution in [2.75, 3.05) is 7.05 Å². The van der Waals surface area contributed by atoms with Gasteiger partial charge in [-0.2, -0.15) is 0 Å². The smallest absolute Gasteiger partial charge is 0.0975 e. The molecule has 2 aromatic rings. The topological polar surface area (TPSA) is 37.8 Å². The van der Waals surface area contributed by atoms with E-state index in [1.54, 1.807) is 0 Å². The third kappa shape index (κ3) is 3.61. The van der Waals surface area contributed by atoms with Gasteiger partial charge in [-0.15, -0.1) is 11.3 Å². The Morgan fingerprint density at radius 1 is 1.21 bits per heavy atom. The maximum Gasteiger partial charge on any atom is 0.0975 e. The summed E-state index contributed by atoms with van der Waals surface area (Å²) in [4.78, 5) is 10.3. The quantitative estimate of drug-likeness (QED) is 0.931. The van der Waals surface area contributed by atoms with Crippen molar-refractivity contribution in [1.82, 2.24) is 15.3 Å². The molecular weight excluding hydrogens is 254 g/mol. The SMILES string of the molecule is CNCc1sc(Cc2ccncc2)nc1C(C)(C)C. The molecule has 0 atom stereocenters. The van der Waals surface area contributed by atoms with E-state index in [0.717, 1.165) is 13.0 Å². The van der Waals surface area contributed by atoms with Gasteiger partial charge in [0.2, 0.25) is 0 Å². The van der Waals surface area contributed by atoms with E-state index in [2.05, 4.69) is 43.2 Å². The van der Waals surface area contributed by atoms with E-state index >= 15 is 0 Å². The predicted molar refractivity (Wildman–Crippen MR) is 80.6 cm³/mol. The molecule has 4 heteroatoms. The summed E-state index contributed by atoms with van der Waals surface area (Å²) in [5, 5.41) is 4.42. The molecule has 0 spiro atoms. The molecule has 0 unspecified atom stereocenters. The second-order valence-corrected chi connectivity index (χ2v) is 6.86. The van der Waals surface area contributed by atoms with Crippen LogP contribution in [0.1, 0.15) is 41.9 Å². The van der Waals surface area contributed by atoms with Crippen LogP contribution in [0.2, 0.25) is 0 Å². The zero-order valence-corrected chi connectivity index (χ0v) is 12.8. The lowest BCUT2D eigenvalue weighted by Gasteiger charge is -2.17. The summed E-state index contributed by atoms with van der Waals surface area (Å²) in [6.07, 6.45) is 4.56. The minimum absolute atomic E-state index is 0.0964. The first-order valence-corrected chi connectivity index (χ1v) is 7.35. The number of thiazole rings is 1. The number of hydrogen-bond donors (Lipinski definition) is 1. The molecule has 0 radical (unpaired) electrons. The van der Waals surface area contributed by atoms with Crippen LogP contribution in [0.3, 0.4) is 0 Å². The first kappa shape index (κ1) is 14.2. The third-order valence-corrected chi connectivity index (χ3v) is 3.95. The first-order chi connectivity index (χ1) is 9.00. The third-order valence-electron chi connectivity index (χ3n) is 2.89. The van der Waals surface area contributed by atoms with E-state index in [1.165, 1.54) is 21.1 Å². The van der Waals surface area contributed by atoms with Crippen molar-refractivity contribution in [3.05, 3.63) is 45.7 Å². The molecule has 0 aromatic carbocycles. The van der Waals surface area contributed by atoms with Crippen LogP contribution in [0.5, 0.6) is 0 Å². The fourth-order valence-electron chi connectivity index (χ4n) is 2.02. The van der Waals surface area contributed by atoms with Gasteiger partial charge in [0.1, 0.15) is 0 Å². The number of hydrogen-bond acceptors (Lipinski definition) is 4. The van der Waals surface area contributed by atoms with Gasteiger partial charge in [-0.05, 0) is 24.7 Å². The Kier molecular flexibility index (Phi) is 4.32. The van der Waals surface area contributed by atoms with Crippen molar-refractivity contribution >= 4 is 11.3 Å². The van der Waals surface area contributed by atoms with Crippen molar-refractivity contribution in [3.8, 4) is 0 Å². The molecule has 0 saturated carbocycles. The molecule has 2 aromatic heterocycles. The van der Waals surface area contributed by atoms with Crippen LogP contribution in [-0.2, 0) is 18.4 Å². The Balaban J connectivity index is 2.27. The van der Waals surface area contributed by atoms with Crippen molar-refractivity contribution in [3.63, 3.8) is 0 Å². The average molecular weight is 275 g/mol.